The molecule has 25 heavy (non-hydrogen) atoms. The van der Waals surface area contributed by atoms with Gasteiger partial charge in [0.05, 0.1) is 6.61 Å². The lowest BCUT2D eigenvalue weighted by molar-refractivity contribution is 0.0447. The van der Waals surface area contributed by atoms with Gasteiger partial charge in [0.15, 0.2) is 0 Å². The van der Waals surface area contributed by atoms with Crippen molar-refractivity contribution in [2.75, 3.05) is 6.61 Å². The van der Waals surface area contributed by atoms with E-state index in [4.69, 9.17) is 32.7 Å². The van der Waals surface area contributed by atoms with Gasteiger partial charge < -0.3 is 9.47 Å². The second-order valence-electron chi connectivity index (χ2n) is 5.75. The summed E-state index contributed by atoms with van der Waals surface area (Å²) in [6.07, 6.45) is 0. The van der Waals surface area contributed by atoms with Crippen molar-refractivity contribution in [2.24, 2.45) is 5.92 Å². The standard InChI is InChI=1S/C18H17Cl2NO4/c1-11(2)9-24-17(22)15-4-3-5-16(21-15)18(23)25-10-12-6-13(19)8-14(20)7-12/h3-8,11H,9-10H2,1-2H3. The number of ether oxygens (including phenoxy) is 2. The second kappa shape index (κ2) is 8.83. The third-order valence-corrected chi connectivity index (χ3v) is 3.44. The van der Waals surface area contributed by atoms with Crippen LogP contribution < -0.4 is 0 Å². The van der Waals surface area contributed by atoms with Crippen LogP contribution in [-0.4, -0.2) is 23.5 Å². The Morgan fingerprint density at radius 3 is 2.12 bits per heavy atom. The summed E-state index contributed by atoms with van der Waals surface area (Å²) >= 11 is 11.8. The summed E-state index contributed by atoms with van der Waals surface area (Å²) in [7, 11) is 0. The van der Waals surface area contributed by atoms with Gasteiger partial charge >= 0.3 is 11.9 Å². The third kappa shape index (κ3) is 6.03. The molecular weight excluding hydrogens is 365 g/mol. The first kappa shape index (κ1) is 19.2. The molecule has 7 heteroatoms. The molecule has 5 nitrogen and oxygen atoms in total. The Labute approximate surface area is 155 Å². The fraction of sp³-hybridized carbons (Fsp3) is 0.278. The Balaban J connectivity index is 2.02. The molecule has 0 aliphatic heterocycles. The molecule has 0 saturated carbocycles. The molecule has 0 aliphatic carbocycles. The topological polar surface area (TPSA) is 65.5 Å². The second-order valence-corrected chi connectivity index (χ2v) is 6.63. The van der Waals surface area contributed by atoms with Gasteiger partial charge in [-0.25, -0.2) is 14.6 Å². The zero-order chi connectivity index (χ0) is 18.4. The molecule has 132 valence electrons. The van der Waals surface area contributed by atoms with Crippen LogP contribution in [0.4, 0.5) is 0 Å². The molecule has 0 fully saturated rings. The van der Waals surface area contributed by atoms with Crippen LogP contribution in [0.1, 0.15) is 40.4 Å². The van der Waals surface area contributed by atoms with Gasteiger partial charge in [-0.15, -0.1) is 0 Å². The molecule has 0 bridgehead atoms. The van der Waals surface area contributed by atoms with Gasteiger partial charge in [0.25, 0.3) is 0 Å². The van der Waals surface area contributed by atoms with Crippen LogP contribution >= 0.6 is 23.2 Å². The van der Waals surface area contributed by atoms with Gasteiger partial charge in [0, 0.05) is 10.0 Å². The Morgan fingerprint density at radius 1 is 1.00 bits per heavy atom. The normalized spacial score (nSPS) is 10.6. The number of rotatable bonds is 6. The summed E-state index contributed by atoms with van der Waals surface area (Å²) in [6, 6.07) is 9.37. The number of nitrogens with zero attached hydrogens (tertiary/aromatic N) is 1. The lowest BCUT2D eigenvalue weighted by Gasteiger charge is -2.08. The van der Waals surface area contributed by atoms with Gasteiger partial charge in [-0.3, -0.25) is 0 Å². The van der Waals surface area contributed by atoms with E-state index in [1.54, 1.807) is 24.3 Å². The Hall–Kier alpha value is -2.11. The number of carbonyl (C=O) groups is 2. The molecular formula is C18H17Cl2NO4. The molecule has 1 heterocycles. The highest BCUT2D eigenvalue weighted by Gasteiger charge is 2.15. The van der Waals surface area contributed by atoms with Crippen molar-refractivity contribution in [1.29, 1.82) is 0 Å². The summed E-state index contributed by atoms with van der Waals surface area (Å²) in [5, 5.41) is 0.901. The predicted octanol–water partition coefficient (Wildman–Crippen LogP) is 4.56. The van der Waals surface area contributed by atoms with E-state index in [0.717, 1.165) is 0 Å². The fourth-order valence-electron chi connectivity index (χ4n) is 1.90. The minimum atomic E-state index is -0.658. The van der Waals surface area contributed by atoms with E-state index in [1.165, 1.54) is 12.1 Å². The summed E-state index contributed by atoms with van der Waals surface area (Å²) in [5.41, 5.74) is 0.728. The minimum absolute atomic E-state index is 0.0111. The van der Waals surface area contributed by atoms with Gasteiger partial charge in [-0.1, -0.05) is 43.1 Å². The Bertz CT molecular complexity index is 757. The highest BCUT2D eigenvalue weighted by Crippen LogP contribution is 2.19. The molecule has 0 spiro atoms. The largest absolute Gasteiger partial charge is 0.461 e. The molecule has 2 rings (SSSR count). The van der Waals surface area contributed by atoms with Crippen LogP contribution in [0.2, 0.25) is 10.0 Å². The maximum atomic E-state index is 12.1. The zero-order valence-corrected chi connectivity index (χ0v) is 15.3. The van der Waals surface area contributed by atoms with Gasteiger partial charge in [-0.05, 0) is 41.8 Å². The number of esters is 2. The van der Waals surface area contributed by atoms with Crippen LogP contribution in [0, 0.1) is 5.92 Å². The Kier molecular flexibility index (Phi) is 6.79. The number of pyridine rings is 1. The zero-order valence-electron chi connectivity index (χ0n) is 13.8. The van der Waals surface area contributed by atoms with Crippen LogP contribution in [0.15, 0.2) is 36.4 Å². The maximum Gasteiger partial charge on any atom is 0.357 e. The van der Waals surface area contributed by atoms with Crippen molar-refractivity contribution in [2.45, 2.75) is 20.5 Å². The van der Waals surface area contributed by atoms with Crippen molar-refractivity contribution in [3.8, 4) is 0 Å². The van der Waals surface area contributed by atoms with Gasteiger partial charge in [0.1, 0.15) is 18.0 Å². The number of aromatic nitrogens is 1. The predicted molar refractivity (Wildman–Crippen MR) is 94.9 cm³/mol. The van der Waals surface area contributed by atoms with Gasteiger partial charge in [0.2, 0.25) is 0 Å². The molecule has 1 aromatic heterocycles. The third-order valence-electron chi connectivity index (χ3n) is 3.01. The molecule has 0 saturated heterocycles. The summed E-state index contributed by atoms with van der Waals surface area (Å²) in [6.45, 7) is 4.13. The van der Waals surface area contributed by atoms with Gasteiger partial charge in [-0.2, -0.15) is 0 Å². The average Bonchev–Trinajstić information content (AvgIpc) is 2.56. The average molecular weight is 382 g/mol. The van der Waals surface area contributed by atoms with Crippen LogP contribution in [0.3, 0.4) is 0 Å². The van der Waals surface area contributed by atoms with E-state index in [9.17, 15) is 9.59 Å². The first-order valence-electron chi connectivity index (χ1n) is 7.61. The van der Waals surface area contributed by atoms with E-state index in [0.29, 0.717) is 15.6 Å². The highest BCUT2D eigenvalue weighted by molar-refractivity contribution is 6.34. The smallest absolute Gasteiger partial charge is 0.357 e. The number of carbonyl (C=O) groups excluding carboxylic acids is 2. The molecule has 0 radical (unpaired) electrons. The van der Waals surface area contributed by atoms with E-state index in [-0.39, 0.29) is 30.5 Å². The summed E-state index contributed by atoms with van der Waals surface area (Å²) in [4.78, 5) is 28.0. The molecule has 2 aromatic rings. The maximum absolute atomic E-state index is 12.1. The molecule has 0 aliphatic rings. The number of hydrogen-bond donors (Lipinski definition) is 0. The number of hydrogen-bond acceptors (Lipinski definition) is 5. The molecule has 0 N–H and O–H groups in total. The molecule has 0 unspecified atom stereocenters. The minimum Gasteiger partial charge on any atom is -0.461 e. The van der Waals surface area contributed by atoms with Crippen LogP contribution in [-0.2, 0) is 16.1 Å². The summed E-state index contributed by atoms with van der Waals surface area (Å²) in [5.74, 6) is -1.03. The fourth-order valence-corrected chi connectivity index (χ4v) is 2.47. The monoisotopic (exact) mass is 381 g/mol. The van der Waals surface area contributed by atoms with Crippen LogP contribution in [0.25, 0.3) is 0 Å². The van der Waals surface area contributed by atoms with Crippen molar-refractivity contribution in [3.63, 3.8) is 0 Å². The van der Waals surface area contributed by atoms with E-state index in [2.05, 4.69) is 4.98 Å². The first-order chi connectivity index (χ1) is 11.8. The Morgan fingerprint density at radius 2 is 1.56 bits per heavy atom. The van der Waals surface area contributed by atoms with E-state index in [1.807, 2.05) is 13.8 Å². The number of benzene rings is 1. The van der Waals surface area contributed by atoms with Crippen molar-refractivity contribution < 1.29 is 19.1 Å². The number of halogens is 2. The quantitative estimate of drug-likeness (QED) is 0.686. The molecule has 0 amide bonds. The molecule has 0 atom stereocenters. The molecule has 1 aromatic carbocycles. The first-order valence-corrected chi connectivity index (χ1v) is 8.37. The summed E-state index contributed by atoms with van der Waals surface area (Å²) < 4.78 is 10.3. The van der Waals surface area contributed by atoms with Crippen LogP contribution in [0.5, 0.6) is 0 Å². The van der Waals surface area contributed by atoms with E-state index >= 15 is 0 Å². The SMILES string of the molecule is CC(C)COC(=O)c1cccc(C(=O)OCc2cc(Cl)cc(Cl)c2)n1. The van der Waals surface area contributed by atoms with Crippen molar-refractivity contribution in [3.05, 3.63) is 63.4 Å². The van der Waals surface area contributed by atoms with Crippen molar-refractivity contribution >= 4 is 35.1 Å². The van der Waals surface area contributed by atoms with E-state index < -0.39 is 11.9 Å². The highest BCUT2D eigenvalue weighted by atomic mass is 35.5. The lowest BCUT2D eigenvalue weighted by atomic mass is 10.2. The lowest BCUT2D eigenvalue weighted by Crippen LogP contribution is -2.14. The van der Waals surface area contributed by atoms with Crippen molar-refractivity contribution in [1.82, 2.24) is 4.98 Å².